The Kier molecular flexibility index (Phi) is 6.27. The van der Waals surface area contributed by atoms with Crippen LogP contribution in [-0.2, 0) is 9.59 Å². The van der Waals surface area contributed by atoms with Crippen molar-refractivity contribution in [3.05, 3.63) is 0 Å². The SMILES string of the molecule is CNC(=O)C1CCCN(C(=O)NCCC(C)C(=O)O)C1. The maximum Gasteiger partial charge on any atom is 0.317 e. The minimum Gasteiger partial charge on any atom is -0.481 e. The molecule has 7 heteroatoms. The standard InChI is InChI=1S/C13H23N3O4/c1-9(12(18)19)5-6-15-13(20)16-7-3-4-10(8-16)11(17)14-2/h9-10H,3-8H2,1-2H3,(H,14,17)(H,15,20)(H,18,19). The van der Waals surface area contributed by atoms with Gasteiger partial charge in [0.05, 0.1) is 11.8 Å². The molecule has 0 aliphatic carbocycles. The molecule has 3 N–H and O–H groups in total. The summed E-state index contributed by atoms with van der Waals surface area (Å²) in [5.74, 6) is -1.54. The van der Waals surface area contributed by atoms with Gasteiger partial charge in [0.1, 0.15) is 0 Å². The molecule has 3 amide bonds. The molecule has 2 atom stereocenters. The monoisotopic (exact) mass is 285 g/mol. The van der Waals surface area contributed by atoms with E-state index in [0.717, 1.165) is 12.8 Å². The fourth-order valence-corrected chi connectivity index (χ4v) is 2.21. The molecule has 20 heavy (non-hydrogen) atoms. The van der Waals surface area contributed by atoms with E-state index in [1.165, 1.54) is 0 Å². The van der Waals surface area contributed by atoms with Gasteiger partial charge in [0.2, 0.25) is 5.91 Å². The zero-order valence-corrected chi connectivity index (χ0v) is 12.0. The molecule has 0 aromatic heterocycles. The van der Waals surface area contributed by atoms with Gasteiger partial charge < -0.3 is 20.6 Å². The first kappa shape index (κ1) is 16.3. The van der Waals surface area contributed by atoms with Crippen LogP contribution in [0.2, 0.25) is 0 Å². The molecule has 0 aromatic rings. The highest BCUT2D eigenvalue weighted by Crippen LogP contribution is 2.16. The Hall–Kier alpha value is -1.79. The summed E-state index contributed by atoms with van der Waals surface area (Å²) in [4.78, 5) is 35.8. The van der Waals surface area contributed by atoms with Gasteiger partial charge in [0, 0.05) is 26.7 Å². The van der Waals surface area contributed by atoms with Crippen LogP contribution in [0, 0.1) is 11.8 Å². The van der Waals surface area contributed by atoms with Gasteiger partial charge >= 0.3 is 12.0 Å². The zero-order chi connectivity index (χ0) is 15.1. The van der Waals surface area contributed by atoms with Crippen LogP contribution in [0.1, 0.15) is 26.2 Å². The second kappa shape index (κ2) is 7.72. The first-order valence-electron chi connectivity index (χ1n) is 6.93. The highest BCUT2D eigenvalue weighted by molar-refractivity contribution is 5.80. The van der Waals surface area contributed by atoms with E-state index in [0.29, 0.717) is 26.1 Å². The summed E-state index contributed by atoms with van der Waals surface area (Å²) in [5, 5.41) is 14.1. The van der Waals surface area contributed by atoms with Crippen LogP contribution >= 0.6 is 0 Å². The number of piperidine rings is 1. The van der Waals surface area contributed by atoms with Crippen molar-refractivity contribution in [2.45, 2.75) is 26.2 Å². The molecule has 1 heterocycles. The van der Waals surface area contributed by atoms with Gasteiger partial charge in [0.15, 0.2) is 0 Å². The molecule has 0 spiro atoms. The molecule has 2 unspecified atom stereocenters. The maximum atomic E-state index is 11.9. The Labute approximate surface area is 118 Å². The molecule has 114 valence electrons. The van der Waals surface area contributed by atoms with Gasteiger partial charge in [-0.3, -0.25) is 9.59 Å². The second-order valence-corrected chi connectivity index (χ2v) is 5.16. The summed E-state index contributed by atoms with van der Waals surface area (Å²) in [6, 6.07) is -0.226. The highest BCUT2D eigenvalue weighted by atomic mass is 16.4. The number of hydrogen-bond donors (Lipinski definition) is 3. The number of carbonyl (C=O) groups excluding carboxylic acids is 2. The van der Waals surface area contributed by atoms with E-state index in [9.17, 15) is 14.4 Å². The molecule has 0 aromatic carbocycles. The number of hydrogen-bond acceptors (Lipinski definition) is 3. The highest BCUT2D eigenvalue weighted by Gasteiger charge is 2.27. The Morgan fingerprint density at radius 2 is 2.10 bits per heavy atom. The molecule has 1 aliphatic heterocycles. The topological polar surface area (TPSA) is 98.7 Å². The number of carbonyl (C=O) groups is 3. The predicted molar refractivity (Wildman–Crippen MR) is 73.2 cm³/mol. The third kappa shape index (κ3) is 4.71. The first-order chi connectivity index (χ1) is 9.45. The van der Waals surface area contributed by atoms with Crippen LogP contribution in [0.3, 0.4) is 0 Å². The van der Waals surface area contributed by atoms with Crippen LogP contribution < -0.4 is 10.6 Å². The van der Waals surface area contributed by atoms with Gasteiger partial charge in [-0.25, -0.2) is 4.79 Å². The zero-order valence-electron chi connectivity index (χ0n) is 12.0. The third-order valence-electron chi connectivity index (χ3n) is 3.60. The molecule has 1 rings (SSSR count). The number of carboxylic acid groups (broad SMARTS) is 1. The summed E-state index contributed by atoms with van der Waals surface area (Å²) in [7, 11) is 1.59. The van der Waals surface area contributed by atoms with Gasteiger partial charge in [-0.1, -0.05) is 6.92 Å². The lowest BCUT2D eigenvalue weighted by atomic mass is 9.97. The van der Waals surface area contributed by atoms with Crippen LogP contribution in [0.4, 0.5) is 4.79 Å². The summed E-state index contributed by atoms with van der Waals surface area (Å²) < 4.78 is 0. The average molecular weight is 285 g/mol. The third-order valence-corrected chi connectivity index (χ3v) is 3.60. The average Bonchev–Trinajstić information content (AvgIpc) is 2.46. The predicted octanol–water partition coefficient (Wildman–Crippen LogP) is 0.265. The fraction of sp³-hybridized carbons (Fsp3) is 0.769. The van der Waals surface area contributed by atoms with Crippen molar-refractivity contribution in [3.63, 3.8) is 0 Å². The van der Waals surface area contributed by atoms with Crippen molar-refractivity contribution in [2.75, 3.05) is 26.7 Å². The fourth-order valence-electron chi connectivity index (χ4n) is 2.21. The molecular weight excluding hydrogens is 262 g/mol. The number of carboxylic acids is 1. The van der Waals surface area contributed by atoms with E-state index in [2.05, 4.69) is 10.6 Å². The number of aliphatic carboxylic acids is 1. The number of nitrogens with zero attached hydrogens (tertiary/aromatic N) is 1. The van der Waals surface area contributed by atoms with Gasteiger partial charge in [-0.15, -0.1) is 0 Å². The van der Waals surface area contributed by atoms with Crippen molar-refractivity contribution in [1.29, 1.82) is 0 Å². The summed E-state index contributed by atoms with van der Waals surface area (Å²) in [6.45, 7) is 2.98. The number of urea groups is 1. The Morgan fingerprint density at radius 1 is 1.40 bits per heavy atom. The van der Waals surface area contributed by atoms with E-state index in [1.54, 1.807) is 18.9 Å². The molecule has 1 aliphatic rings. The Bertz CT molecular complexity index is 373. The molecule has 0 radical (unpaired) electrons. The van der Waals surface area contributed by atoms with Crippen LogP contribution in [0.15, 0.2) is 0 Å². The smallest absolute Gasteiger partial charge is 0.317 e. The maximum absolute atomic E-state index is 11.9. The van der Waals surface area contributed by atoms with Gasteiger partial charge in [-0.2, -0.15) is 0 Å². The van der Waals surface area contributed by atoms with E-state index in [-0.39, 0.29) is 17.9 Å². The quantitative estimate of drug-likeness (QED) is 0.675. The Morgan fingerprint density at radius 3 is 2.70 bits per heavy atom. The largest absolute Gasteiger partial charge is 0.481 e. The molecule has 0 saturated carbocycles. The molecular formula is C13H23N3O4. The van der Waals surface area contributed by atoms with E-state index < -0.39 is 11.9 Å². The normalized spacial score (nSPS) is 20.1. The molecule has 1 fully saturated rings. The lowest BCUT2D eigenvalue weighted by molar-refractivity contribution is -0.141. The minimum atomic E-state index is -0.864. The number of amides is 3. The summed E-state index contributed by atoms with van der Waals surface area (Å²) in [6.07, 6.45) is 1.99. The van der Waals surface area contributed by atoms with Crippen molar-refractivity contribution in [1.82, 2.24) is 15.5 Å². The summed E-state index contributed by atoms with van der Waals surface area (Å²) >= 11 is 0. The van der Waals surface area contributed by atoms with Crippen LogP contribution in [-0.4, -0.2) is 54.6 Å². The molecule has 7 nitrogen and oxygen atoms in total. The number of rotatable bonds is 5. The minimum absolute atomic E-state index is 0.0398. The van der Waals surface area contributed by atoms with Crippen molar-refractivity contribution in [2.24, 2.45) is 11.8 Å². The number of likely N-dealkylation sites (tertiary alicyclic amines) is 1. The van der Waals surface area contributed by atoms with Crippen molar-refractivity contribution >= 4 is 17.9 Å². The number of nitrogens with one attached hydrogen (secondary N) is 2. The molecule has 0 bridgehead atoms. The van der Waals surface area contributed by atoms with E-state index >= 15 is 0 Å². The van der Waals surface area contributed by atoms with Gasteiger partial charge in [0.25, 0.3) is 0 Å². The van der Waals surface area contributed by atoms with Crippen LogP contribution in [0.25, 0.3) is 0 Å². The van der Waals surface area contributed by atoms with E-state index in [4.69, 9.17) is 5.11 Å². The molecule has 1 saturated heterocycles. The van der Waals surface area contributed by atoms with Crippen molar-refractivity contribution in [3.8, 4) is 0 Å². The van der Waals surface area contributed by atoms with Gasteiger partial charge in [-0.05, 0) is 19.3 Å². The lowest BCUT2D eigenvalue weighted by Crippen LogP contribution is -2.48. The van der Waals surface area contributed by atoms with Crippen LogP contribution in [0.5, 0.6) is 0 Å². The summed E-state index contributed by atoms with van der Waals surface area (Å²) in [5.41, 5.74) is 0. The second-order valence-electron chi connectivity index (χ2n) is 5.16. The first-order valence-corrected chi connectivity index (χ1v) is 6.93. The van der Waals surface area contributed by atoms with E-state index in [1.807, 2.05) is 0 Å². The lowest BCUT2D eigenvalue weighted by Gasteiger charge is -2.31. The Balaban J connectivity index is 2.35. The van der Waals surface area contributed by atoms with Crippen molar-refractivity contribution < 1.29 is 19.5 Å².